The zero-order valence-corrected chi connectivity index (χ0v) is 26.2. The van der Waals surface area contributed by atoms with Crippen LogP contribution in [0.3, 0.4) is 0 Å². The van der Waals surface area contributed by atoms with E-state index in [0.29, 0.717) is 10.8 Å². The van der Waals surface area contributed by atoms with Crippen LogP contribution in [0.2, 0.25) is 0 Å². The molecule has 0 bridgehead atoms. The number of likely N-dealkylation sites (tertiary alicyclic amines) is 2. The molecule has 2 saturated heterocycles. The van der Waals surface area contributed by atoms with Gasteiger partial charge in [-0.1, -0.05) is 25.5 Å². The van der Waals surface area contributed by atoms with Crippen molar-refractivity contribution in [2.24, 2.45) is 28.6 Å². The van der Waals surface area contributed by atoms with E-state index in [0.717, 1.165) is 29.8 Å². The lowest BCUT2D eigenvalue weighted by molar-refractivity contribution is -0.928. The van der Waals surface area contributed by atoms with Gasteiger partial charge in [-0.2, -0.15) is 0 Å². The summed E-state index contributed by atoms with van der Waals surface area (Å²) >= 11 is 0. The molecule has 0 amide bonds. The fourth-order valence-corrected chi connectivity index (χ4v) is 10.9. The molecule has 2 nitrogen and oxygen atoms in total. The molecule has 2 aliphatic heterocycles. The van der Waals surface area contributed by atoms with Crippen molar-refractivity contribution in [1.29, 1.82) is 0 Å². The van der Waals surface area contributed by atoms with E-state index in [1.54, 1.807) is 0 Å². The summed E-state index contributed by atoms with van der Waals surface area (Å²) in [5.41, 5.74) is 3.07. The van der Waals surface area contributed by atoms with Gasteiger partial charge in [-0.05, 0) is 55.3 Å². The summed E-state index contributed by atoms with van der Waals surface area (Å²) in [7, 11) is 5.21. The van der Waals surface area contributed by atoms with Gasteiger partial charge in [0.2, 0.25) is 0 Å². The van der Waals surface area contributed by atoms with Gasteiger partial charge < -0.3 is 56.9 Å². The number of hydrogen-bond acceptors (Lipinski definition) is 0. The van der Waals surface area contributed by atoms with Crippen molar-refractivity contribution >= 4 is 0 Å². The molecular formula is C29H50I2N2. The van der Waals surface area contributed by atoms with Crippen LogP contribution in [0, 0.1) is 28.6 Å². The molecule has 0 N–H and O–H groups in total. The Hall–Kier alpha value is 1.12. The summed E-state index contributed by atoms with van der Waals surface area (Å²) in [6.07, 6.45) is 20.7. The monoisotopic (exact) mass is 680 g/mol. The van der Waals surface area contributed by atoms with Gasteiger partial charge in [0.15, 0.2) is 0 Å². The van der Waals surface area contributed by atoms with Crippen molar-refractivity contribution in [2.45, 2.75) is 103 Å². The highest BCUT2D eigenvalue weighted by atomic mass is 127. The van der Waals surface area contributed by atoms with Crippen LogP contribution in [0.1, 0.15) is 90.9 Å². The highest BCUT2D eigenvalue weighted by molar-refractivity contribution is 5.29. The molecule has 0 aromatic rings. The summed E-state index contributed by atoms with van der Waals surface area (Å²) in [4.78, 5) is 0. The van der Waals surface area contributed by atoms with Crippen molar-refractivity contribution in [1.82, 2.24) is 0 Å². The van der Waals surface area contributed by atoms with Crippen LogP contribution >= 0.6 is 0 Å². The van der Waals surface area contributed by atoms with Crippen LogP contribution in [0.5, 0.6) is 0 Å². The minimum absolute atomic E-state index is 0. The molecule has 0 spiro atoms. The van der Waals surface area contributed by atoms with Crippen LogP contribution in [-0.4, -0.2) is 61.3 Å². The first-order chi connectivity index (χ1) is 14.8. The van der Waals surface area contributed by atoms with E-state index in [-0.39, 0.29) is 48.0 Å². The Bertz CT molecular complexity index is 753. The maximum atomic E-state index is 2.86. The van der Waals surface area contributed by atoms with Crippen LogP contribution in [-0.2, 0) is 0 Å². The highest BCUT2D eigenvalue weighted by Gasteiger charge is 2.62. The third kappa shape index (κ3) is 4.04. The third-order valence-corrected chi connectivity index (χ3v) is 12.8. The van der Waals surface area contributed by atoms with Crippen molar-refractivity contribution in [2.75, 3.05) is 40.3 Å². The first-order valence-electron chi connectivity index (χ1n) is 14.2. The normalized spacial score (nSPS) is 47.4. The number of hydrogen-bond donors (Lipinski definition) is 0. The van der Waals surface area contributed by atoms with E-state index in [4.69, 9.17) is 0 Å². The van der Waals surface area contributed by atoms with Gasteiger partial charge in [0, 0.05) is 50.4 Å². The molecule has 0 aromatic carbocycles. The largest absolute Gasteiger partial charge is 1.00 e. The first-order valence-corrected chi connectivity index (χ1v) is 14.2. The molecule has 2 heterocycles. The maximum absolute atomic E-state index is 2.86. The minimum atomic E-state index is 0. The molecule has 0 radical (unpaired) electrons. The average molecular weight is 681 g/mol. The average Bonchev–Trinajstić information content (AvgIpc) is 3.46. The van der Waals surface area contributed by atoms with E-state index >= 15 is 0 Å². The van der Waals surface area contributed by atoms with Crippen LogP contribution in [0.15, 0.2) is 11.6 Å². The van der Waals surface area contributed by atoms with E-state index in [1.165, 1.54) is 112 Å². The zero-order chi connectivity index (χ0) is 21.5. The molecule has 0 aromatic heterocycles. The Balaban J connectivity index is 0.00000130. The van der Waals surface area contributed by atoms with E-state index in [9.17, 15) is 0 Å². The highest BCUT2D eigenvalue weighted by Crippen LogP contribution is 2.65. The molecule has 3 saturated carbocycles. The van der Waals surface area contributed by atoms with E-state index in [2.05, 4.69) is 34.0 Å². The van der Waals surface area contributed by atoms with Gasteiger partial charge >= 0.3 is 0 Å². The number of allylic oxidation sites excluding steroid dienone is 2. The molecule has 4 aliphatic carbocycles. The molecule has 4 heteroatoms. The predicted molar refractivity (Wildman–Crippen MR) is 130 cm³/mol. The van der Waals surface area contributed by atoms with Gasteiger partial charge in [0.05, 0.1) is 52.4 Å². The second-order valence-corrected chi connectivity index (χ2v) is 14.1. The van der Waals surface area contributed by atoms with Gasteiger partial charge in [-0.25, -0.2) is 0 Å². The third-order valence-electron chi connectivity index (χ3n) is 12.8. The maximum Gasteiger partial charge on any atom is 0.0948 e. The number of quaternary nitrogens is 2. The molecule has 33 heavy (non-hydrogen) atoms. The Kier molecular flexibility index (Phi) is 7.78. The topological polar surface area (TPSA) is 0 Å². The van der Waals surface area contributed by atoms with Crippen molar-refractivity contribution in [3.63, 3.8) is 0 Å². The van der Waals surface area contributed by atoms with Crippen molar-refractivity contribution in [3.8, 4) is 0 Å². The summed E-state index contributed by atoms with van der Waals surface area (Å²) in [5.74, 6) is 2.87. The molecule has 6 rings (SSSR count). The Morgan fingerprint density at radius 3 is 2.09 bits per heavy atom. The number of rotatable bonds is 2. The summed E-state index contributed by atoms with van der Waals surface area (Å²) in [6.45, 7) is 11.3. The lowest BCUT2D eigenvalue weighted by Gasteiger charge is -2.58. The molecule has 5 fully saturated rings. The van der Waals surface area contributed by atoms with E-state index in [1.807, 2.05) is 5.57 Å². The van der Waals surface area contributed by atoms with Crippen molar-refractivity contribution < 1.29 is 56.9 Å². The second kappa shape index (κ2) is 9.45. The number of nitrogens with zero attached hydrogens (tertiary/aromatic N) is 2. The van der Waals surface area contributed by atoms with Crippen LogP contribution in [0.25, 0.3) is 0 Å². The Morgan fingerprint density at radius 1 is 0.788 bits per heavy atom. The summed E-state index contributed by atoms with van der Waals surface area (Å²) in [6, 6.07) is 1.89. The fraction of sp³-hybridized carbons (Fsp3) is 0.931. The quantitative estimate of drug-likeness (QED) is 0.222. The lowest BCUT2D eigenvalue weighted by atomic mass is 9.48. The molecule has 190 valence electrons. The first kappa shape index (κ1) is 27.2. The fourth-order valence-electron chi connectivity index (χ4n) is 10.9. The van der Waals surface area contributed by atoms with Gasteiger partial charge in [0.25, 0.3) is 0 Å². The number of halogens is 2. The second-order valence-electron chi connectivity index (χ2n) is 14.1. The van der Waals surface area contributed by atoms with Crippen molar-refractivity contribution in [3.05, 3.63) is 11.6 Å². The minimum Gasteiger partial charge on any atom is -1.00 e. The molecule has 0 unspecified atom stereocenters. The zero-order valence-electron chi connectivity index (χ0n) is 21.9. The summed E-state index contributed by atoms with van der Waals surface area (Å²) in [5, 5.41) is 0. The van der Waals surface area contributed by atoms with Gasteiger partial charge in [-0.15, -0.1) is 0 Å². The standard InChI is InChI=1S/C29H50N2.2HI/c1-28-15-13-23(30(3)17-5-6-18-30)21-22(28)9-10-24-25-11-12-27(31(4)19-7-8-20-31)29(25,2)16-14-26(24)28;;/h14,22-25,27H,5-13,15-21H2,1-4H3;2*1H/q+2;;/p-2/t22-,23-,24+,25+,27+,28+,29+;;/m1../s1. The Morgan fingerprint density at radius 2 is 1.42 bits per heavy atom. The SMILES string of the molecule is C[C@]12CC=C3[C@@H](CC[C@@H]4C[C@H]([N+]5(C)CCCC5)CC[C@]34C)[C@@H]1CC[C@@H]2[N+]1(C)CCCC1.[I-].[I-]. The Labute approximate surface area is 238 Å². The lowest BCUT2D eigenvalue weighted by Crippen LogP contribution is -3.00. The van der Waals surface area contributed by atoms with Crippen LogP contribution in [0.4, 0.5) is 0 Å². The molecule has 6 aliphatic rings. The molecule has 7 atom stereocenters. The van der Waals surface area contributed by atoms with E-state index < -0.39 is 0 Å². The predicted octanol–water partition coefficient (Wildman–Crippen LogP) is 0.175. The van der Waals surface area contributed by atoms with Gasteiger partial charge in [0.1, 0.15) is 0 Å². The van der Waals surface area contributed by atoms with Gasteiger partial charge in [-0.3, -0.25) is 0 Å². The smallest absolute Gasteiger partial charge is 0.0948 e. The molecular weight excluding hydrogens is 630 g/mol. The summed E-state index contributed by atoms with van der Waals surface area (Å²) < 4.78 is 2.81. The van der Waals surface area contributed by atoms with Crippen LogP contribution < -0.4 is 48.0 Å². The number of fused-ring (bicyclic) bond motifs is 5.